The summed E-state index contributed by atoms with van der Waals surface area (Å²) in [5.41, 5.74) is 4.45. The molecule has 1 aromatic heterocycles. The summed E-state index contributed by atoms with van der Waals surface area (Å²) in [6.07, 6.45) is 0.865. The predicted octanol–water partition coefficient (Wildman–Crippen LogP) is 4.17. The molecule has 25 heavy (non-hydrogen) atoms. The van der Waals surface area contributed by atoms with Crippen molar-refractivity contribution in [3.63, 3.8) is 0 Å². The lowest BCUT2D eigenvalue weighted by atomic mass is 10.1. The summed E-state index contributed by atoms with van der Waals surface area (Å²) in [6, 6.07) is 13.8. The van der Waals surface area contributed by atoms with Gasteiger partial charge in [-0.25, -0.2) is 4.79 Å². The molecule has 0 spiro atoms. The molecule has 130 valence electrons. The second-order valence-electron chi connectivity index (χ2n) is 6.27. The number of fused-ring (bicyclic) bond motifs is 1. The predicted molar refractivity (Wildman–Crippen MR) is 101 cm³/mol. The highest BCUT2D eigenvalue weighted by Gasteiger charge is 2.20. The van der Waals surface area contributed by atoms with Crippen LogP contribution in [0.2, 0.25) is 5.02 Å². The molecule has 0 fully saturated rings. The summed E-state index contributed by atoms with van der Waals surface area (Å²) in [5, 5.41) is 14.7. The third kappa shape index (κ3) is 3.70. The summed E-state index contributed by atoms with van der Waals surface area (Å²) in [6.45, 7) is 3.30. The van der Waals surface area contributed by atoms with Gasteiger partial charge in [-0.2, -0.15) is 0 Å². The maximum atomic E-state index is 11.7. The smallest absolute Gasteiger partial charge is 0.352 e. The quantitative estimate of drug-likeness (QED) is 0.652. The minimum Gasteiger partial charge on any atom is -0.477 e. The van der Waals surface area contributed by atoms with E-state index in [1.54, 1.807) is 4.57 Å². The number of hydrogen-bond donors (Lipinski definition) is 2. The lowest BCUT2D eigenvalue weighted by Crippen LogP contribution is -2.19. The highest BCUT2D eigenvalue weighted by molar-refractivity contribution is 6.30. The highest BCUT2D eigenvalue weighted by atomic mass is 35.5. The molecule has 2 N–H and O–H groups in total. The number of halogens is 1. The zero-order valence-corrected chi connectivity index (χ0v) is 15.1. The monoisotopic (exact) mass is 356 g/mol. The van der Waals surface area contributed by atoms with Gasteiger partial charge in [-0.05, 0) is 49.2 Å². The maximum Gasteiger partial charge on any atom is 0.352 e. The summed E-state index contributed by atoms with van der Waals surface area (Å²) in [4.78, 5) is 11.7. The molecule has 4 nitrogen and oxygen atoms in total. The van der Waals surface area contributed by atoms with E-state index in [9.17, 15) is 9.90 Å². The van der Waals surface area contributed by atoms with Crippen LogP contribution in [0.25, 0.3) is 10.9 Å². The van der Waals surface area contributed by atoms with Gasteiger partial charge in [-0.3, -0.25) is 0 Å². The molecule has 0 saturated carbocycles. The van der Waals surface area contributed by atoms with Crippen molar-refractivity contribution in [3.8, 4) is 0 Å². The van der Waals surface area contributed by atoms with E-state index in [2.05, 4.69) is 5.32 Å². The van der Waals surface area contributed by atoms with Crippen molar-refractivity contribution < 1.29 is 9.90 Å². The van der Waals surface area contributed by atoms with Crippen LogP contribution in [0.5, 0.6) is 0 Å². The second-order valence-corrected chi connectivity index (χ2v) is 6.70. The number of rotatable bonds is 6. The van der Waals surface area contributed by atoms with Crippen LogP contribution in [-0.2, 0) is 20.0 Å². The van der Waals surface area contributed by atoms with E-state index in [0.29, 0.717) is 12.2 Å². The molecule has 0 bridgehead atoms. The molecule has 2 aromatic carbocycles. The summed E-state index contributed by atoms with van der Waals surface area (Å²) < 4.78 is 1.76. The number of carbonyl (C=O) groups is 1. The Morgan fingerprint density at radius 1 is 1.20 bits per heavy atom. The average molecular weight is 357 g/mol. The van der Waals surface area contributed by atoms with Gasteiger partial charge in [0.15, 0.2) is 0 Å². The Balaban J connectivity index is 1.77. The Morgan fingerprint density at radius 3 is 2.60 bits per heavy atom. The Labute approximate surface area is 152 Å². The molecule has 0 atom stereocenters. The first kappa shape index (κ1) is 17.5. The average Bonchev–Trinajstić information content (AvgIpc) is 2.85. The zero-order valence-electron chi connectivity index (χ0n) is 14.3. The van der Waals surface area contributed by atoms with E-state index in [1.165, 1.54) is 5.56 Å². The number of carboxylic acids is 1. The standard InChI is InChI=1S/C20H21ClN2O2/c1-13-3-8-16-17(19(20(24)25)23(2)18(16)11-13)12-22-10-9-14-4-6-15(21)7-5-14/h3-8,11,22H,9-10,12H2,1-2H3,(H,24,25). The van der Waals surface area contributed by atoms with Gasteiger partial charge in [0.05, 0.1) is 0 Å². The number of aryl methyl sites for hydroxylation is 2. The van der Waals surface area contributed by atoms with Crippen LogP contribution < -0.4 is 5.32 Å². The SMILES string of the molecule is Cc1ccc2c(CNCCc3ccc(Cl)cc3)c(C(=O)O)n(C)c2c1. The lowest BCUT2D eigenvalue weighted by Gasteiger charge is -2.07. The minimum absolute atomic E-state index is 0.347. The number of nitrogens with one attached hydrogen (secondary N) is 1. The molecule has 0 aliphatic heterocycles. The van der Waals surface area contributed by atoms with Crippen LogP contribution in [-0.4, -0.2) is 22.2 Å². The summed E-state index contributed by atoms with van der Waals surface area (Å²) in [7, 11) is 1.81. The van der Waals surface area contributed by atoms with E-state index in [4.69, 9.17) is 11.6 Å². The van der Waals surface area contributed by atoms with Crippen molar-refractivity contribution in [2.45, 2.75) is 19.9 Å². The summed E-state index contributed by atoms with van der Waals surface area (Å²) in [5.74, 6) is -0.897. The van der Waals surface area contributed by atoms with Gasteiger partial charge in [0.1, 0.15) is 5.69 Å². The molecule has 3 rings (SSSR count). The van der Waals surface area contributed by atoms with Crippen molar-refractivity contribution in [1.82, 2.24) is 9.88 Å². The highest BCUT2D eigenvalue weighted by Crippen LogP contribution is 2.26. The molecule has 0 amide bonds. The number of hydrogen-bond acceptors (Lipinski definition) is 2. The normalized spacial score (nSPS) is 11.2. The molecule has 0 unspecified atom stereocenters. The Kier molecular flexibility index (Phi) is 5.11. The number of aromatic nitrogens is 1. The molecule has 5 heteroatoms. The molecule has 0 aliphatic rings. The van der Waals surface area contributed by atoms with Crippen LogP contribution in [0, 0.1) is 6.92 Å². The lowest BCUT2D eigenvalue weighted by molar-refractivity contribution is 0.0685. The van der Waals surface area contributed by atoms with Gasteiger partial charge in [0.2, 0.25) is 0 Å². The maximum absolute atomic E-state index is 11.7. The third-order valence-corrected chi connectivity index (χ3v) is 4.72. The fourth-order valence-corrected chi connectivity index (χ4v) is 3.30. The molecular formula is C20H21ClN2O2. The van der Waals surface area contributed by atoms with Crippen LogP contribution in [0.15, 0.2) is 42.5 Å². The molecule has 0 radical (unpaired) electrons. The van der Waals surface area contributed by atoms with E-state index in [-0.39, 0.29) is 0 Å². The van der Waals surface area contributed by atoms with E-state index >= 15 is 0 Å². The van der Waals surface area contributed by atoms with Crippen molar-refractivity contribution >= 4 is 28.5 Å². The van der Waals surface area contributed by atoms with E-state index < -0.39 is 5.97 Å². The van der Waals surface area contributed by atoms with E-state index in [0.717, 1.165) is 40.0 Å². The van der Waals surface area contributed by atoms with Gasteiger partial charge >= 0.3 is 5.97 Å². The molecule has 1 heterocycles. The first-order valence-electron chi connectivity index (χ1n) is 8.23. The van der Waals surface area contributed by atoms with Gasteiger partial charge < -0.3 is 15.0 Å². The second kappa shape index (κ2) is 7.30. The van der Waals surface area contributed by atoms with Crippen molar-refractivity contribution in [3.05, 3.63) is 69.9 Å². The van der Waals surface area contributed by atoms with Crippen molar-refractivity contribution in [2.75, 3.05) is 6.54 Å². The van der Waals surface area contributed by atoms with Crippen LogP contribution in [0.1, 0.15) is 27.2 Å². The molecule has 0 saturated heterocycles. The van der Waals surface area contributed by atoms with Crippen LogP contribution in [0.3, 0.4) is 0 Å². The van der Waals surface area contributed by atoms with Gasteiger partial charge in [-0.15, -0.1) is 0 Å². The number of aromatic carboxylic acids is 1. The van der Waals surface area contributed by atoms with Crippen molar-refractivity contribution in [2.24, 2.45) is 7.05 Å². The first-order valence-corrected chi connectivity index (χ1v) is 8.61. The number of nitrogens with zero attached hydrogens (tertiary/aromatic N) is 1. The largest absolute Gasteiger partial charge is 0.477 e. The molecule has 3 aromatic rings. The fourth-order valence-electron chi connectivity index (χ4n) is 3.17. The number of benzene rings is 2. The van der Waals surface area contributed by atoms with Crippen molar-refractivity contribution in [1.29, 1.82) is 0 Å². The zero-order chi connectivity index (χ0) is 18.0. The minimum atomic E-state index is -0.897. The molecule has 0 aliphatic carbocycles. The van der Waals surface area contributed by atoms with Gasteiger partial charge in [0, 0.05) is 35.1 Å². The van der Waals surface area contributed by atoms with Crippen LogP contribution >= 0.6 is 11.6 Å². The summed E-state index contributed by atoms with van der Waals surface area (Å²) >= 11 is 5.90. The molecular weight excluding hydrogens is 336 g/mol. The van der Waals surface area contributed by atoms with Gasteiger partial charge in [0.25, 0.3) is 0 Å². The number of carboxylic acid groups (broad SMARTS) is 1. The first-order chi connectivity index (χ1) is 12.0. The van der Waals surface area contributed by atoms with E-state index in [1.807, 2.05) is 56.4 Å². The fraction of sp³-hybridized carbons (Fsp3) is 0.250. The Morgan fingerprint density at radius 2 is 1.92 bits per heavy atom. The third-order valence-electron chi connectivity index (χ3n) is 4.47. The topological polar surface area (TPSA) is 54.3 Å². The van der Waals surface area contributed by atoms with Crippen LogP contribution in [0.4, 0.5) is 0 Å². The van der Waals surface area contributed by atoms with Gasteiger partial charge in [-0.1, -0.05) is 35.9 Å². The Hall–Kier alpha value is -2.30. The Bertz CT molecular complexity index is 914.